The predicted octanol–water partition coefficient (Wildman–Crippen LogP) is 3.47. The van der Waals surface area contributed by atoms with Crippen molar-refractivity contribution in [1.29, 1.82) is 0 Å². The minimum absolute atomic E-state index is 0.584. The number of anilines is 2. The Balaban J connectivity index is 1.89. The van der Waals surface area contributed by atoms with E-state index in [-0.39, 0.29) is 0 Å². The lowest BCUT2D eigenvalue weighted by atomic mass is 10.3. The zero-order valence-corrected chi connectivity index (χ0v) is 13.0. The van der Waals surface area contributed by atoms with Gasteiger partial charge in [-0.05, 0) is 48.5 Å². The lowest BCUT2D eigenvalue weighted by Gasteiger charge is -2.05. The Kier molecular flexibility index (Phi) is 5.56. The van der Waals surface area contributed by atoms with Crippen LogP contribution >= 0.6 is 21.6 Å². The lowest BCUT2D eigenvalue weighted by Crippen LogP contribution is -2.19. The van der Waals surface area contributed by atoms with Gasteiger partial charge in [-0.1, -0.05) is 21.6 Å². The van der Waals surface area contributed by atoms with Gasteiger partial charge < -0.3 is 22.1 Å². The van der Waals surface area contributed by atoms with Crippen LogP contribution in [0, 0.1) is 0 Å². The fourth-order valence-electron chi connectivity index (χ4n) is 1.57. The van der Waals surface area contributed by atoms with Gasteiger partial charge in [0.15, 0.2) is 0 Å². The van der Waals surface area contributed by atoms with E-state index >= 15 is 0 Å². The number of hydrogen-bond acceptors (Lipinski definition) is 4. The van der Waals surface area contributed by atoms with Gasteiger partial charge >= 0.3 is 12.1 Å². The molecule has 0 radical (unpaired) electrons. The third kappa shape index (κ3) is 5.23. The molecule has 2 aromatic rings. The topological polar surface area (TPSA) is 110 Å². The Morgan fingerprint density at radius 2 is 1.00 bits per heavy atom. The second kappa shape index (κ2) is 7.62. The highest BCUT2D eigenvalue weighted by molar-refractivity contribution is 8.76. The number of hydrogen-bond donors (Lipinski definition) is 4. The zero-order chi connectivity index (χ0) is 15.9. The number of urea groups is 2. The predicted molar refractivity (Wildman–Crippen MR) is 91.0 cm³/mol. The van der Waals surface area contributed by atoms with Crippen LogP contribution < -0.4 is 22.1 Å². The second-order valence-electron chi connectivity index (χ2n) is 4.19. The van der Waals surface area contributed by atoms with Crippen LogP contribution in [0.1, 0.15) is 0 Å². The molecule has 6 nitrogen and oxygen atoms in total. The Morgan fingerprint density at radius 1 is 0.682 bits per heavy atom. The molecular weight excluding hydrogens is 320 g/mol. The first-order valence-electron chi connectivity index (χ1n) is 6.20. The molecule has 4 amide bonds. The fourth-order valence-corrected chi connectivity index (χ4v) is 3.50. The molecule has 0 aliphatic heterocycles. The Hall–Kier alpha value is -2.32. The lowest BCUT2D eigenvalue weighted by molar-refractivity contribution is 0.258. The van der Waals surface area contributed by atoms with Gasteiger partial charge in [0.2, 0.25) is 0 Å². The van der Waals surface area contributed by atoms with E-state index in [4.69, 9.17) is 11.5 Å². The van der Waals surface area contributed by atoms with E-state index < -0.39 is 12.1 Å². The van der Waals surface area contributed by atoms with Gasteiger partial charge in [-0.2, -0.15) is 0 Å². The van der Waals surface area contributed by atoms with Gasteiger partial charge in [0.05, 0.1) is 0 Å². The minimum atomic E-state index is -0.584. The molecule has 0 saturated heterocycles. The minimum Gasteiger partial charge on any atom is -0.351 e. The average molecular weight is 334 g/mol. The molecule has 0 unspecified atom stereocenters. The van der Waals surface area contributed by atoms with Crippen LogP contribution in [0.15, 0.2) is 58.3 Å². The molecule has 0 spiro atoms. The molecule has 0 saturated carbocycles. The third-order valence-electron chi connectivity index (χ3n) is 2.48. The summed E-state index contributed by atoms with van der Waals surface area (Å²) in [5.74, 6) is 0. The van der Waals surface area contributed by atoms with Crippen molar-refractivity contribution in [1.82, 2.24) is 0 Å². The number of carbonyl (C=O) groups excluding carboxylic acids is 2. The highest BCUT2D eigenvalue weighted by Gasteiger charge is 2.01. The van der Waals surface area contributed by atoms with Gasteiger partial charge in [-0.3, -0.25) is 0 Å². The number of rotatable bonds is 5. The van der Waals surface area contributed by atoms with E-state index in [0.717, 1.165) is 9.79 Å². The zero-order valence-electron chi connectivity index (χ0n) is 11.4. The van der Waals surface area contributed by atoms with Gasteiger partial charge in [0.25, 0.3) is 0 Å². The van der Waals surface area contributed by atoms with Crippen LogP contribution in [0.2, 0.25) is 0 Å². The monoisotopic (exact) mass is 334 g/mol. The summed E-state index contributed by atoms with van der Waals surface area (Å²) in [5.41, 5.74) is 11.4. The van der Waals surface area contributed by atoms with Crippen LogP contribution in [-0.4, -0.2) is 12.1 Å². The number of nitrogens with two attached hydrogens (primary N) is 2. The average Bonchev–Trinajstić information content (AvgIpc) is 2.47. The molecule has 0 atom stereocenters. The number of carbonyl (C=O) groups is 2. The summed E-state index contributed by atoms with van der Waals surface area (Å²) in [6, 6.07) is 13.6. The molecule has 0 aromatic heterocycles. The molecule has 0 aliphatic rings. The summed E-state index contributed by atoms with van der Waals surface area (Å²) in [6.45, 7) is 0. The van der Waals surface area contributed by atoms with Crippen molar-refractivity contribution in [2.75, 3.05) is 10.6 Å². The van der Waals surface area contributed by atoms with Crippen molar-refractivity contribution in [2.24, 2.45) is 11.5 Å². The smallest absolute Gasteiger partial charge is 0.316 e. The van der Waals surface area contributed by atoms with Crippen molar-refractivity contribution >= 4 is 45.0 Å². The van der Waals surface area contributed by atoms with E-state index in [0.29, 0.717) is 11.4 Å². The summed E-state index contributed by atoms with van der Waals surface area (Å²) >= 11 is 0. The maximum atomic E-state index is 10.7. The van der Waals surface area contributed by atoms with Crippen LogP contribution in [0.25, 0.3) is 0 Å². The second-order valence-corrected chi connectivity index (χ2v) is 6.47. The molecule has 2 rings (SSSR count). The molecule has 0 heterocycles. The normalized spacial score (nSPS) is 10.0. The molecule has 22 heavy (non-hydrogen) atoms. The van der Waals surface area contributed by atoms with Crippen molar-refractivity contribution in [3.05, 3.63) is 48.5 Å². The summed E-state index contributed by atoms with van der Waals surface area (Å²) in [4.78, 5) is 23.5. The molecule has 0 bridgehead atoms. The number of amides is 4. The molecule has 0 fully saturated rings. The van der Waals surface area contributed by atoms with E-state index in [2.05, 4.69) is 10.6 Å². The first kappa shape index (κ1) is 16.1. The quantitative estimate of drug-likeness (QED) is 0.627. The summed E-state index contributed by atoms with van der Waals surface area (Å²) in [7, 11) is 3.16. The Labute approximate surface area is 135 Å². The van der Waals surface area contributed by atoms with Crippen molar-refractivity contribution in [2.45, 2.75) is 9.79 Å². The fraction of sp³-hybridized carbons (Fsp3) is 0. The van der Waals surface area contributed by atoms with E-state index in [1.54, 1.807) is 45.9 Å². The van der Waals surface area contributed by atoms with Crippen LogP contribution in [0.3, 0.4) is 0 Å². The van der Waals surface area contributed by atoms with E-state index in [1.165, 1.54) is 0 Å². The van der Waals surface area contributed by atoms with Gasteiger partial charge in [0, 0.05) is 21.2 Å². The molecule has 114 valence electrons. The van der Waals surface area contributed by atoms with Crippen molar-refractivity contribution < 1.29 is 9.59 Å². The number of benzene rings is 2. The molecule has 0 aliphatic carbocycles. The summed E-state index contributed by atoms with van der Waals surface area (Å²) in [5, 5.41) is 5.01. The first-order chi connectivity index (χ1) is 10.5. The van der Waals surface area contributed by atoms with Gasteiger partial charge in [-0.25, -0.2) is 9.59 Å². The maximum absolute atomic E-state index is 10.7. The standard InChI is InChI=1S/C14H14N4O2S2/c15-13(19)17-9-1-5-11(6-2-9)21-22-12-7-3-10(4-8-12)18-14(16)20/h1-8H,(H3,15,17,19)(H3,16,18,20). The van der Waals surface area contributed by atoms with Gasteiger partial charge in [0.1, 0.15) is 0 Å². The molecule has 6 N–H and O–H groups in total. The van der Waals surface area contributed by atoms with Crippen LogP contribution in [0.5, 0.6) is 0 Å². The molecule has 8 heteroatoms. The Morgan fingerprint density at radius 3 is 1.27 bits per heavy atom. The maximum Gasteiger partial charge on any atom is 0.316 e. The summed E-state index contributed by atoms with van der Waals surface area (Å²) in [6.07, 6.45) is 0. The van der Waals surface area contributed by atoms with Crippen LogP contribution in [-0.2, 0) is 0 Å². The largest absolute Gasteiger partial charge is 0.351 e. The Bertz CT molecular complexity index is 600. The summed E-state index contributed by atoms with van der Waals surface area (Å²) < 4.78 is 0. The van der Waals surface area contributed by atoms with E-state index in [9.17, 15) is 9.59 Å². The number of primary amides is 2. The molecule has 2 aromatic carbocycles. The van der Waals surface area contributed by atoms with Gasteiger partial charge in [-0.15, -0.1) is 0 Å². The van der Waals surface area contributed by atoms with Crippen LogP contribution in [0.4, 0.5) is 21.0 Å². The molecular formula is C14H14N4O2S2. The first-order valence-corrected chi connectivity index (χ1v) is 8.35. The SMILES string of the molecule is NC(=O)Nc1ccc(SSc2ccc(NC(N)=O)cc2)cc1. The highest BCUT2D eigenvalue weighted by atomic mass is 33.1. The van der Waals surface area contributed by atoms with E-state index in [1.807, 2.05) is 24.3 Å². The number of nitrogens with one attached hydrogen (secondary N) is 2. The van der Waals surface area contributed by atoms with Crippen molar-refractivity contribution in [3.63, 3.8) is 0 Å². The third-order valence-corrected chi connectivity index (χ3v) is 4.90. The highest BCUT2D eigenvalue weighted by Crippen LogP contribution is 2.37. The van der Waals surface area contributed by atoms with Crippen molar-refractivity contribution in [3.8, 4) is 0 Å².